The standard InChI is InChI=1S/C17H18FNO/c18-15-9-7-13(8-10-15)17(12-5-6-12)19-11-14-3-1-2-4-16(14)20/h1-4,7-10,12,17,19-20H,5-6,11H2. The van der Waals surface area contributed by atoms with E-state index in [1.807, 2.05) is 30.3 Å². The molecule has 2 aromatic rings. The summed E-state index contributed by atoms with van der Waals surface area (Å²) in [6, 6.07) is 14.3. The van der Waals surface area contributed by atoms with Crippen molar-refractivity contribution >= 4 is 0 Å². The molecule has 1 aliphatic carbocycles. The summed E-state index contributed by atoms with van der Waals surface area (Å²) in [4.78, 5) is 0. The van der Waals surface area contributed by atoms with Crippen LogP contribution in [0.25, 0.3) is 0 Å². The van der Waals surface area contributed by atoms with Crippen LogP contribution < -0.4 is 5.32 Å². The normalized spacial score (nSPS) is 16.1. The molecule has 1 saturated carbocycles. The summed E-state index contributed by atoms with van der Waals surface area (Å²) in [7, 11) is 0. The van der Waals surface area contributed by atoms with Crippen LogP contribution in [0.2, 0.25) is 0 Å². The van der Waals surface area contributed by atoms with Crippen LogP contribution in [0.5, 0.6) is 5.75 Å². The summed E-state index contributed by atoms with van der Waals surface area (Å²) in [6.07, 6.45) is 2.41. The summed E-state index contributed by atoms with van der Waals surface area (Å²) >= 11 is 0. The van der Waals surface area contributed by atoms with Gasteiger partial charge in [0, 0.05) is 18.2 Å². The Labute approximate surface area is 118 Å². The number of rotatable bonds is 5. The van der Waals surface area contributed by atoms with Crippen molar-refractivity contribution < 1.29 is 9.50 Å². The van der Waals surface area contributed by atoms with Crippen molar-refractivity contribution in [2.24, 2.45) is 5.92 Å². The van der Waals surface area contributed by atoms with E-state index in [1.54, 1.807) is 6.07 Å². The summed E-state index contributed by atoms with van der Waals surface area (Å²) in [5.74, 6) is 0.726. The first-order valence-corrected chi connectivity index (χ1v) is 7.00. The highest BCUT2D eigenvalue weighted by molar-refractivity contribution is 5.32. The molecule has 0 heterocycles. The van der Waals surface area contributed by atoms with Gasteiger partial charge in [-0.1, -0.05) is 30.3 Å². The number of hydrogen-bond donors (Lipinski definition) is 2. The molecule has 20 heavy (non-hydrogen) atoms. The molecule has 3 rings (SSSR count). The third-order valence-corrected chi connectivity index (χ3v) is 3.83. The van der Waals surface area contributed by atoms with Gasteiger partial charge in [-0.2, -0.15) is 0 Å². The molecule has 0 radical (unpaired) electrons. The van der Waals surface area contributed by atoms with Gasteiger partial charge in [-0.05, 0) is 42.5 Å². The number of hydrogen-bond acceptors (Lipinski definition) is 2. The highest BCUT2D eigenvalue weighted by Crippen LogP contribution is 2.41. The predicted octanol–water partition coefficient (Wildman–Crippen LogP) is 3.77. The Kier molecular flexibility index (Phi) is 3.70. The Morgan fingerprint density at radius 3 is 2.45 bits per heavy atom. The average molecular weight is 271 g/mol. The van der Waals surface area contributed by atoms with Crippen LogP contribution >= 0.6 is 0 Å². The van der Waals surface area contributed by atoms with Gasteiger partial charge in [0.2, 0.25) is 0 Å². The molecule has 1 fully saturated rings. The second-order valence-corrected chi connectivity index (χ2v) is 5.38. The van der Waals surface area contributed by atoms with Crippen LogP contribution in [0.1, 0.15) is 30.0 Å². The van der Waals surface area contributed by atoms with Crippen molar-refractivity contribution in [3.8, 4) is 5.75 Å². The van der Waals surface area contributed by atoms with E-state index in [2.05, 4.69) is 5.32 Å². The molecule has 0 bridgehead atoms. The number of benzene rings is 2. The lowest BCUT2D eigenvalue weighted by Gasteiger charge is -2.19. The number of halogens is 1. The fourth-order valence-electron chi connectivity index (χ4n) is 2.54. The zero-order valence-electron chi connectivity index (χ0n) is 11.2. The molecule has 2 aromatic carbocycles. The predicted molar refractivity (Wildman–Crippen MR) is 76.8 cm³/mol. The molecule has 2 nitrogen and oxygen atoms in total. The van der Waals surface area contributed by atoms with Crippen molar-refractivity contribution in [3.05, 3.63) is 65.5 Å². The Morgan fingerprint density at radius 1 is 1.10 bits per heavy atom. The Bertz CT molecular complexity index is 578. The van der Waals surface area contributed by atoms with Crippen molar-refractivity contribution in [3.63, 3.8) is 0 Å². The van der Waals surface area contributed by atoms with Gasteiger partial charge in [0.05, 0.1) is 0 Å². The van der Waals surface area contributed by atoms with E-state index in [-0.39, 0.29) is 11.9 Å². The highest BCUT2D eigenvalue weighted by atomic mass is 19.1. The van der Waals surface area contributed by atoms with E-state index in [4.69, 9.17) is 0 Å². The van der Waals surface area contributed by atoms with E-state index >= 15 is 0 Å². The number of phenols is 1. The van der Waals surface area contributed by atoms with E-state index < -0.39 is 0 Å². The van der Waals surface area contributed by atoms with Crippen molar-refractivity contribution in [1.29, 1.82) is 0 Å². The molecule has 0 saturated heterocycles. The maximum absolute atomic E-state index is 13.0. The second-order valence-electron chi connectivity index (χ2n) is 5.38. The molecule has 2 N–H and O–H groups in total. The maximum atomic E-state index is 13.0. The zero-order chi connectivity index (χ0) is 13.9. The van der Waals surface area contributed by atoms with Crippen LogP contribution in [-0.2, 0) is 6.54 Å². The van der Waals surface area contributed by atoms with Gasteiger partial charge in [0.1, 0.15) is 11.6 Å². The minimum Gasteiger partial charge on any atom is -0.508 e. The minimum atomic E-state index is -0.205. The largest absolute Gasteiger partial charge is 0.508 e. The third kappa shape index (κ3) is 2.99. The van der Waals surface area contributed by atoms with Gasteiger partial charge >= 0.3 is 0 Å². The average Bonchev–Trinajstić information content (AvgIpc) is 3.27. The van der Waals surface area contributed by atoms with E-state index in [0.717, 1.165) is 11.1 Å². The van der Waals surface area contributed by atoms with Gasteiger partial charge in [0.15, 0.2) is 0 Å². The number of nitrogens with one attached hydrogen (secondary N) is 1. The van der Waals surface area contributed by atoms with E-state index in [1.165, 1.54) is 25.0 Å². The first kappa shape index (κ1) is 13.1. The molecule has 0 amide bonds. The lowest BCUT2D eigenvalue weighted by molar-refractivity contribution is 0.445. The van der Waals surface area contributed by atoms with Gasteiger partial charge in [-0.25, -0.2) is 4.39 Å². The van der Waals surface area contributed by atoms with Crippen molar-refractivity contribution in [2.45, 2.75) is 25.4 Å². The monoisotopic (exact) mass is 271 g/mol. The molecule has 3 heteroatoms. The quantitative estimate of drug-likeness (QED) is 0.867. The molecule has 0 spiro atoms. The zero-order valence-corrected chi connectivity index (χ0v) is 11.2. The van der Waals surface area contributed by atoms with Crippen LogP contribution in [-0.4, -0.2) is 5.11 Å². The van der Waals surface area contributed by atoms with Gasteiger partial charge in [-0.3, -0.25) is 0 Å². The first-order valence-electron chi connectivity index (χ1n) is 7.00. The smallest absolute Gasteiger partial charge is 0.123 e. The summed E-state index contributed by atoms with van der Waals surface area (Å²) in [5.41, 5.74) is 2.00. The summed E-state index contributed by atoms with van der Waals surface area (Å²) in [5, 5.41) is 13.3. The third-order valence-electron chi connectivity index (χ3n) is 3.83. The lowest BCUT2D eigenvalue weighted by atomic mass is 10.0. The molecular weight excluding hydrogens is 253 g/mol. The van der Waals surface area contributed by atoms with Gasteiger partial charge in [-0.15, -0.1) is 0 Å². The number of aromatic hydroxyl groups is 1. The fraction of sp³-hybridized carbons (Fsp3) is 0.294. The maximum Gasteiger partial charge on any atom is 0.123 e. The van der Waals surface area contributed by atoms with Crippen LogP contribution in [0, 0.1) is 11.7 Å². The molecule has 1 unspecified atom stereocenters. The topological polar surface area (TPSA) is 32.3 Å². The molecule has 0 aromatic heterocycles. The van der Waals surface area contributed by atoms with Crippen LogP contribution in [0.3, 0.4) is 0 Å². The Balaban J connectivity index is 1.72. The molecule has 104 valence electrons. The molecule has 1 atom stereocenters. The van der Waals surface area contributed by atoms with Crippen molar-refractivity contribution in [2.75, 3.05) is 0 Å². The Morgan fingerprint density at radius 2 is 1.80 bits per heavy atom. The summed E-state index contributed by atoms with van der Waals surface area (Å²) in [6.45, 7) is 0.616. The number of para-hydroxylation sites is 1. The van der Waals surface area contributed by atoms with Gasteiger partial charge < -0.3 is 10.4 Å². The lowest BCUT2D eigenvalue weighted by Crippen LogP contribution is -2.22. The van der Waals surface area contributed by atoms with Crippen LogP contribution in [0.15, 0.2) is 48.5 Å². The Hall–Kier alpha value is -1.87. The van der Waals surface area contributed by atoms with Gasteiger partial charge in [0.25, 0.3) is 0 Å². The van der Waals surface area contributed by atoms with Crippen LogP contribution in [0.4, 0.5) is 4.39 Å². The second kappa shape index (κ2) is 5.63. The minimum absolute atomic E-state index is 0.205. The first-order chi connectivity index (χ1) is 9.74. The summed E-state index contributed by atoms with van der Waals surface area (Å²) < 4.78 is 13.0. The van der Waals surface area contributed by atoms with E-state index in [0.29, 0.717) is 18.2 Å². The fourth-order valence-corrected chi connectivity index (χ4v) is 2.54. The van der Waals surface area contributed by atoms with Crippen molar-refractivity contribution in [1.82, 2.24) is 5.32 Å². The molecule has 1 aliphatic rings. The number of phenolic OH excluding ortho intramolecular Hbond substituents is 1. The van der Waals surface area contributed by atoms with E-state index in [9.17, 15) is 9.50 Å². The SMILES string of the molecule is Oc1ccccc1CNC(c1ccc(F)cc1)C1CC1. The molecular formula is C17H18FNO. The highest BCUT2D eigenvalue weighted by Gasteiger charge is 2.32. The molecule has 0 aliphatic heterocycles.